The zero-order valence-corrected chi connectivity index (χ0v) is 15.3. The fourth-order valence-electron chi connectivity index (χ4n) is 3.31. The summed E-state index contributed by atoms with van der Waals surface area (Å²) in [5, 5.41) is 14.6. The maximum atomic E-state index is 9.71. The molecule has 1 aliphatic rings. The Labute approximate surface area is 145 Å². The summed E-state index contributed by atoms with van der Waals surface area (Å²) < 4.78 is 2.01. The summed E-state index contributed by atoms with van der Waals surface area (Å²) >= 11 is 0. The first-order chi connectivity index (χ1) is 11.3. The van der Waals surface area contributed by atoms with Gasteiger partial charge in [0.15, 0.2) is 0 Å². The molecule has 0 spiro atoms. The van der Waals surface area contributed by atoms with Crippen LogP contribution < -0.4 is 0 Å². The fourth-order valence-corrected chi connectivity index (χ4v) is 3.31. The van der Waals surface area contributed by atoms with Crippen LogP contribution in [0.5, 0.6) is 0 Å². The molecule has 1 N–H and O–H groups in total. The highest BCUT2D eigenvalue weighted by Crippen LogP contribution is 2.27. The van der Waals surface area contributed by atoms with Gasteiger partial charge in [0.1, 0.15) is 0 Å². The lowest BCUT2D eigenvalue weighted by Gasteiger charge is -2.30. The van der Waals surface area contributed by atoms with Crippen LogP contribution in [0.4, 0.5) is 0 Å². The van der Waals surface area contributed by atoms with Crippen LogP contribution in [0.3, 0.4) is 0 Å². The minimum Gasteiger partial charge on any atom is -0.393 e. The van der Waals surface area contributed by atoms with Crippen molar-refractivity contribution in [2.24, 2.45) is 0 Å². The number of aromatic nitrogens is 2. The van der Waals surface area contributed by atoms with Gasteiger partial charge in [0.25, 0.3) is 0 Å². The first kappa shape index (κ1) is 17.2. The van der Waals surface area contributed by atoms with Crippen molar-refractivity contribution in [1.29, 1.82) is 0 Å². The number of aliphatic hydroxyl groups is 1. The molecule has 1 fully saturated rings. The van der Waals surface area contributed by atoms with Gasteiger partial charge < -0.3 is 5.11 Å². The second kappa shape index (κ2) is 6.69. The van der Waals surface area contributed by atoms with Gasteiger partial charge in [-0.2, -0.15) is 5.10 Å². The van der Waals surface area contributed by atoms with Crippen molar-refractivity contribution < 1.29 is 5.11 Å². The minimum atomic E-state index is -0.126. The molecule has 0 unspecified atom stereocenters. The summed E-state index contributed by atoms with van der Waals surface area (Å²) in [5.74, 6) is 0. The fraction of sp³-hybridized carbons (Fsp3) is 0.550. The van der Waals surface area contributed by atoms with E-state index < -0.39 is 0 Å². The van der Waals surface area contributed by atoms with Crippen LogP contribution in [0.2, 0.25) is 0 Å². The van der Waals surface area contributed by atoms with Crippen LogP contribution in [0.15, 0.2) is 30.5 Å². The highest BCUT2D eigenvalue weighted by molar-refractivity contribution is 5.36. The average Bonchev–Trinajstić information content (AvgIpc) is 2.94. The lowest BCUT2D eigenvalue weighted by Crippen LogP contribution is -2.35. The molecule has 1 aromatic carbocycles. The van der Waals surface area contributed by atoms with Crippen molar-refractivity contribution in [3.63, 3.8) is 0 Å². The molecule has 130 valence electrons. The molecular formula is C20H29N3O. The average molecular weight is 327 g/mol. The maximum Gasteiger partial charge on any atom is 0.0727 e. The summed E-state index contributed by atoms with van der Waals surface area (Å²) in [6.45, 7) is 11.6. The largest absolute Gasteiger partial charge is 0.393 e. The summed E-state index contributed by atoms with van der Waals surface area (Å²) in [6.07, 6.45) is 3.79. The Bertz CT molecular complexity index is 674. The van der Waals surface area contributed by atoms with Gasteiger partial charge in [-0.1, -0.05) is 38.5 Å². The molecule has 4 nitrogen and oxygen atoms in total. The van der Waals surface area contributed by atoms with Crippen molar-refractivity contribution in [2.45, 2.75) is 58.6 Å². The first-order valence-electron chi connectivity index (χ1n) is 8.89. The molecule has 0 atom stereocenters. The normalized spacial score (nSPS) is 17.4. The van der Waals surface area contributed by atoms with Gasteiger partial charge in [-0.15, -0.1) is 0 Å². The number of hydrogen-bond donors (Lipinski definition) is 1. The molecule has 1 saturated heterocycles. The molecule has 3 rings (SSSR count). The molecule has 0 aliphatic carbocycles. The van der Waals surface area contributed by atoms with Crippen LogP contribution in [0.25, 0.3) is 5.69 Å². The van der Waals surface area contributed by atoms with E-state index in [1.807, 2.05) is 4.68 Å². The Morgan fingerprint density at radius 3 is 2.33 bits per heavy atom. The standard InChI is InChI=1S/C20H29N3O/c1-15-5-7-17(8-6-15)23-14-16(19(21-23)20(2,3)4)13-22-11-9-18(24)10-12-22/h5-8,14,18,24H,9-13H2,1-4H3. The Balaban J connectivity index is 1.88. The second-order valence-corrected chi connectivity index (χ2v) is 8.04. The SMILES string of the molecule is Cc1ccc(-n2cc(CN3CCC(O)CC3)c(C(C)(C)C)n2)cc1. The van der Waals surface area contributed by atoms with E-state index >= 15 is 0 Å². The van der Waals surface area contributed by atoms with Crippen LogP contribution in [0.1, 0.15) is 50.4 Å². The Morgan fingerprint density at radius 1 is 1.12 bits per heavy atom. The Hall–Kier alpha value is -1.65. The molecule has 1 aliphatic heterocycles. The Morgan fingerprint density at radius 2 is 1.75 bits per heavy atom. The van der Waals surface area contributed by atoms with E-state index in [0.29, 0.717) is 0 Å². The predicted octanol–water partition coefficient (Wildman–Crippen LogP) is 3.43. The van der Waals surface area contributed by atoms with E-state index in [0.717, 1.165) is 43.9 Å². The summed E-state index contributed by atoms with van der Waals surface area (Å²) in [6, 6.07) is 8.49. The van der Waals surface area contributed by atoms with E-state index in [2.05, 4.69) is 63.1 Å². The van der Waals surface area contributed by atoms with Gasteiger partial charge in [0.2, 0.25) is 0 Å². The quantitative estimate of drug-likeness (QED) is 0.939. The monoisotopic (exact) mass is 327 g/mol. The van der Waals surface area contributed by atoms with Crippen molar-refractivity contribution in [1.82, 2.24) is 14.7 Å². The number of nitrogens with zero attached hydrogens (tertiary/aromatic N) is 3. The van der Waals surface area contributed by atoms with Crippen molar-refractivity contribution >= 4 is 0 Å². The molecule has 4 heteroatoms. The number of benzene rings is 1. The third kappa shape index (κ3) is 3.87. The second-order valence-electron chi connectivity index (χ2n) is 8.04. The van der Waals surface area contributed by atoms with Crippen LogP contribution in [-0.2, 0) is 12.0 Å². The number of hydrogen-bond acceptors (Lipinski definition) is 3. The Kier molecular flexibility index (Phi) is 4.79. The number of aliphatic hydroxyl groups excluding tert-OH is 1. The number of piperidine rings is 1. The van der Waals surface area contributed by atoms with Gasteiger partial charge in [-0.25, -0.2) is 4.68 Å². The third-order valence-corrected chi connectivity index (χ3v) is 4.75. The predicted molar refractivity (Wildman–Crippen MR) is 97.5 cm³/mol. The molecule has 2 heterocycles. The molecule has 2 aromatic rings. The maximum absolute atomic E-state index is 9.71. The summed E-state index contributed by atoms with van der Waals surface area (Å²) in [4.78, 5) is 2.43. The molecule has 0 saturated carbocycles. The zero-order valence-electron chi connectivity index (χ0n) is 15.3. The molecule has 1 aromatic heterocycles. The van der Waals surface area contributed by atoms with E-state index in [-0.39, 0.29) is 11.5 Å². The van der Waals surface area contributed by atoms with Gasteiger partial charge in [0.05, 0.1) is 17.5 Å². The molecule has 0 bridgehead atoms. The lowest BCUT2D eigenvalue weighted by atomic mass is 9.89. The molecule has 24 heavy (non-hydrogen) atoms. The van der Waals surface area contributed by atoms with Gasteiger partial charge in [0, 0.05) is 36.8 Å². The molecule has 0 amide bonds. The molecule has 0 radical (unpaired) electrons. The topological polar surface area (TPSA) is 41.3 Å². The summed E-state index contributed by atoms with van der Waals surface area (Å²) in [5.41, 5.74) is 4.83. The van der Waals surface area contributed by atoms with Gasteiger partial charge in [-0.05, 0) is 31.9 Å². The van der Waals surface area contributed by atoms with E-state index in [1.54, 1.807) is 0 Å². The first-order valence-corrected chi connectivity index (χ1v) is 8.89. The van der Waals surface area contributed by atoms with Crippen molar-refractivity contribution in [2.75, 3.05) is 13.1 Å². The number of likely N-dealkylation sites (tertiary alicyclic amines) is 1. The lowest BCUT2D eigenvalue weighted by molar-refractivity contribution is 0.0790. The van der Waals surface area contributed by atoms with E-state index in [4.69, 9.17) is 5.10 Å². The highest BCUT2D eigenvalue weighted by atomic mass is 16.3. The van der Waals surface area contributed by atoms with Gasteiger partial charge >= 0.3 is 0 Å². The zero-order chi connectivity index (χ0) is 17.3. The molecular weight excluding hydrogens is 298 g/mol. The number of rotatable bonds is 3. The van der Waals surface area contributed by atoms with Crippen LogP contribution >= 0.6 is 0 Å². The van der Waals surface area contributed by atoms with Gasteiger partial charge in [-0.3, -0.25) is 4.90 Å². The van der Waals surface area contributed by atoms with E-state index in [1.165, 1.54) is 11.1 Å². The minimum absolute atomic E-state index is 0.0145. The summed E-state index contributed by atoms with van der Waals surface area (Å²) in [7, 11) is 0. The smallest absolute Gasteiger partial charge is 0.0727 e. The van der Waals surface area contributed by atoms with Crippen LogP contribution in [0, 0.1) is 6.92 Å². The van der Waals surface area contributed by atoms with Crippen LogP contribution in [-0.4, -0.2) is 39.0 Å². The van der Waals surface area contributed by atoms with Crippen molar-refractivity contribution in [3.8, 4) is 5.69 Å². The van der Waals surface area contributed by atoms with Crippen molar-refractivity contribution in [3.05, 3.63) is 47.3 Å². The third-order valence-electron chi connectivity index (χ3n) is 4.75. The number of aryl methyl sites for hydroxylation is 1. The highest BCUT2D eigenvalue weighted by Gasteiger charge is 2.25. The van der Waals surface area contributed by atoms with E-state index in [9.17, 15) is 5.11 Å².